The van der Waals surface area contributed by atoms with Gasteiger partial charge in [0.2, 0.25) is 12.1 Å². The Hall–Kier alpha value is -5.33. The monoisotopic (exact) mass is 543 g/mol. The molecule has 1 unspecified atom stereocenters. The zero-order valence-corrected chi connectivity index (χ0v) is 21.9. The number of esters is 1. The third kappa shape index (κ3) is 5.43. The molecule has 0 N–H and O–H groups in total. The fourth-order valence-corrected chi connectivity index (χ4v) is 4.37. The number of rotatable bonds is 10. The van der Waals surface area contributed by atoms with Crippen LogP contribution in [-0.2, 0) is 23.2 Å². The number of carbonyl (C=O) groups excluding carboxylic acids is 1. The van der Waals surface area contributed by atoms with Crippen LogP contribution >= 0.6 is 0 Å². The summed E-state index contributed by atoms with van der Waals surface area (Å²) in [5.41, 5.74) is 4.89. The molecular weight excluding hydrogens is 518 g/mol. The second-order valence-corrected chi connectivity index (χ2v) is 8.73. The molecule has 3 aromatic carbocycles. The molecule has 0 aliphatic carbocycles. The molecule has 0 amide bonds. The number of imidazole rings is 1. The van der Waals surface area contributed by atoms with Crippen LogP contribution in [0.15, 0.2) is 66.7 Å². The lowest BCUT2D eigenvalue weighted by molar-refractivity contribution is -0.777. The maximum absolute atomic E-state index is 13.0. The van der Waals surface area contributed by atoms with Crippen molar-refractivity contribution >= 4 is 17.0 Å². The van der Waals surface area contributed by atoms with Gasteiger partial charge in [0.1, 0.15) is 0 Å². The number of hydrogen-bond acceptors (Lipinski definition) is 10. The fourth-order valence-electron chi connectivity index (χ4n) is 4.37. The first kappa shape index (κ1) is 26.3. The molecular formula is C27H25N7O6. The summed E-state index contributed by atoms with van der Waals surface area (Å²) in [5, 5.41) is 22.0. The van der Waals surface area contributed by atoms with Crippen LogP contribution in [0.5, 0.6) is 6.01 Å². The maximum Gasteiger partial charge on any atom is 0.342 e. The number of benzene rings is 3. The van der Waals surface area contributed by atoms with E-state index in [1.807, 2.05) is 55.5 Å². The summed E-state index contributed by atoms with van der Waals surface area (Å²) in [5.74, 6) is -0.250. The van der Waals surface area contributed by atoms with E-state index in [1.54, 1.807) is 29.8 Å². The molecule has 0 saturated carbocycles. The molecule has 0 aliphatic rings. The van der Waals surface area contributed by atoms with Crippen LogP contribution in [0.1, 0.15) is 29.8 Å². The van der Waals surface area contributed by atoms with Gasteiger partial charge in [-0.15, -0.1) is 20.3 Å². The molecule has 5 rings (SSSR count). The maximum atomic E-state index is 13.0. The number of para-hydroxylation sites is 1. The average Bonchev–Trinajstić information content (AvgIpc) is 3.52. The summed E-state index contributed by atoms with van der Waals surface area (Å²) in [6, 6.07) is 21.1. The summed E-state index contributed by atoms with van der Waals surface area (Å²) < 4.78 is 12.7. The van der Waals surface area contributed by atoms with Crippen molar-refractivity contribution in [1.82, 2.24) is 29.8 Å². The lowest BCUT2D eigenvalue weighted by atomic mass is 9.98. The number of carbonyl (C=O) groups is 1. The van der Waals surface area contributed by atoms with Crippen molar-refractivity contribution in [3.05, 3.63) is 88.0 Å². The molecule has 0 radical (unpaired) electrons. The van der Waals surface area contributed by atoms with Crippen molar-refractivity contribution in [1.29, 1.82) is 0 Å². The van der Waals surface area contributed by atoms with Crippen LogP contribution in [0.25, 0.3) is 33.5 Å². The van der Waals surface area contributed by atoms with E-state index in [-0.39, 0.29) is 5.56 Å². The average molecular weight is 544 g/mol. The van der Waals surface area contributed by atoms with E-state index in [1.165, 1.54) is 11.7 Å². The summed E-state index contributed by atoms with van der Waals surface area (Å²) >= 11 is 0. The van der Waals surface area contributed by atoms with Gasteiger partial charge >= 0.3 is 5.97 Å². The topological polar surface area (TPSA) is 149 Å². The number of ether oxygens (including phenoxy) is 2. The molecule has 0 saturated heterocycles. The van der Waals surface area contributed by atoms with Gasteiger partial charge in [0.05, 0.1) is 36.8 Å². The lowest BCUT2D eigenvalue weighted by Gasteiger charge is -2.14. The summed E-state index contributed by atoms with van der Waals surface area (Å²) in [4.78, 5) is 33.9. The smallest absolute Gasteiger partial charge is 0.342 e. The van der Waals surface area contributed by atoms with Crippen molar-refractivity contribution in [2.75, 3.05) is 6.61 Å². The van der Waals surface area contributed by atoms with E-state index in [0.717, 1.165) is 22.3 Å². The predicted molar refractivity (Wildman–Crippen MR) is 143 cm³/mol. The Bertz CT molecular complexity index is 1680. The van der Waals surface area contributed by atoms with Gasteiger partial charge in [-0.05, 0) is 47.9 Å². The third-order valence-electron chi connectivity index (χ3n) is 6.01. The minimum Gasteiger partial charge on any atom is -0.465 e. The minimum absolute atomic E-state index is 0.178. The molecule has 1 atom stereocenters. The summed E-state index contributed by atoms with van der Waals surface area (Å²) in [7, 11) is 1.72. The van der Waals surface area contributed by atoms with Gasteiger partial charge in [0.25, 0.3) is 11.1 Å². The highest BCUT2D eigenvalue weighted by Gasteiger charge is 2.23. The molecule has 13 nitrogen and oxygen atoms in total. The van der Waals surface area contributed by atoms with Gasteiger partial charge < -0.3 is 9.47 Å². The van der Waals surface area contributed by atoms with E-state index < -0.39 is 17.3 Å². The fraction of sp³-hybridized carbons (Fsp3) is 0.222. The number of fused-ring (bicyclic) bond motifs is 1. The van der Waals surface area contributed by atoms with Crippen LogP contribution in [-0.4, -0.2) is 53.7 Å². The highest BCUT2D eigenvalue weighted by Crippen LogP contribution is 2.31. The van der Waals surface area contributed by atoms with E-state index in [0.29, 0.717) is 36.0 Å². The standard InChI is InChI=1S/C27H25N7O6/c1-4-38-27-28-23-11-7-10-22(26(35)39-17(2)40-34(36)37)24(23)33(27)16-18-12-14-19(15-13-18)20-8-5-6-9-21(20)25-29-31-32(3)30-25/h5-15,17H,4,16H2,1-3H3. The van der Waals surface area contributed by atoms with Crippen LogP contribution in [0.4, 0.5) is 0 Å². The molecule has 5 aromatic rings. The molecule has 40 heavy (non-hydrogen) atoms. The minimum atomic E-state index is -1.38. The van der Waals surface area contributed by atoms with Gasteiger partial charge in [-0.25, -0.2) is 4.79 Å². The SMILES string of the molecule is CCOc1nc2cccc(C(=O)OC(C)O[N+](=O)[O-])c2n1Cc1ccc(-c2ccccc2-c2nnn(C)n2)cc1. The quantitative estimate of drug-likeness (QED) is 0.109. The largest absolute Gasteiger partial charge is 0.465 e. The van der Waals surface area contributed by atoms with Gasteiger partial charge in [-0.2, -0.15) is 9.78 Å². The van der Waals surface area contributed by atoms with Crippen molar-refractivity contribution in [2.45, 2.75) is 26.7 Å². The highest BCUT2D eigenvalue weighted by molar-refractivity contribution is 6.02. The van der Waals surface area contributed by atoms with Gasteiger partial charge in [0, 0.05) is 5.56 Å². The van der Waals surface area contributed by atoms with Gasteiger partial charge in [0.15, 0.2) is 0 Å². The van der Waals surface area contributed by atoms with Crippen molar-refractivity contribution in [3.63, 3.8) is 0 Å². The first-order chi connectivity index (χ1) is 19.3. The number of aryl methyl sites for hydroxylation is 1. The Labute approximate surface area is 228 Å². The molecule has 0 fully saturated rings. The highest BCUT2D eigenvalue weighted by atomic mass is 17.0. The second-order valence-electron chi connectivity index (χ2n) is 8.73. The van der Waals surface area contributed by atoms with Crippen molar-refractivity contribution < 1.29 is 24.2 Å². The molecule has 0 aliphatic heterocycles. The predicted octanol–water partition coefficient (Wildman–Crippen LogP) is 4.05. The zero-order chi connectivity index (χ0) is 28.2. The molecule has 0 bridgehead atoms. The Morgan fingerprint density at radius 3 is 2.48 bits per heavy atom. The van der Waals surface area contributed by atoms with Crippen molar-refractivity contribution in [2.24, 2.45) is 7.05 Å². The number of tetrazole rings is 1. The third-order valence-corrected chi connectivity index (χ3v) is 6.01. The van der Waals surface area contributed by atoms with Crippen LogP contribution in [0.3, 0.4) is 0 Å². The number of aromatic nitrogens is 6. The first-order valence-electron chi connectivity index (χ1n) is 12.4. The summed E-state index contributed by atoms with van der Waals surface area (Å²) in [6.45, 7) is 3.81. The summed E-state index contributed by atoms with van der Waals surface area (Å²) in [6.07, 6.45) is -1.38. The molecule has 13 heteroatoms. The molecule has 204 valence electrons. The number of nitrogens with zero attached hydrogens (tertiary/aromatic N) is 7. The Balaban J connectivity index is 1.48. The van der Waals surface area contributed by atoms with Gasteiger partial charge in [-0.1, -0.05) is 54.6 Å². The normalized spacial score (nSPS) is 11.8. The Kier molecular flexibility index (Phi) is 7.35. The van der Waals surface area contributed by atoms with Crippen molar-refractivity contribution in [3.8, 4) is 28.5 Å². The second kappa shape index (κ2) is 11.2. The first-order valence-corrected chi connectivity index (χ1v) is 12.4. The molecule has 2 heterocycles. The lowest BCUT2D eigenvalue weighted by Crippen LogP contribution is -2.21. The molecule has 2 aromatic heterocycles. The van der Waals surface area contributed by atoms with Crippen LogP contribution < -0.4 is 4.74 Å². The number of hydrogen-bond donors (Lipinski definition) is 0. The zero-order valence-electron chi connectivity index (χ0n) is 21.9. The van der Waals surface area contributed by atoms with E-state index in [2.05, 4.69) is 25.2 Å². The van der Waals surface area contributed by atoms with Crippen LogP contribution in [0.2, 0.25) is 0 Å². The Morgan fingerprint density at radius 1 is 1.05 bits per heavy atom. The van der Waals surface area contributed by atoms with Crippen LogP contribution in [0, 0.1) is 10.1 Å². The Morgan fingerprint density at radius 2 is 1.80 bits per heavy atom. The van der Waals surface area contributed by atoms with E-state index in [9.17, 15) is 14.9 Å². The van der Waals surface area contributed by atoms with E-state index >= 15 is 0 Å². The van der Waals surface area contributed by atoms with E-state index in [4.69, 9.17) is 9.47 Å². The van der Waals surface area contributed by atoms with Gasteiger partial charge in [-0.3, -0.25) is 9.40 Å². The molecule has 0 spiro atoms.